The molecule has 0 unspecified atom stereocenters. The second-order valence-electron chi connectivity index (χ2n) is 7.36. The highest BCUT2D eigenvalue weighted by atomic mass is 35.5. The zero-order valence-electron chi connectivity index (χ0n) is 19.2. The second-order valence-corrected chi connectivity index (χ2v) is 7.73. The van der Waals surface area contributed by atoms with Crippen LogP contribution in [0.2, 0.25) is 5.02 Å². The van der Waals surface area contributed by atoms with Crippen molar-refractivity contribution in [1.82, 2.24) is 9.78 Å². The van der Waals surface area contributed by atoms with Crippen LogP contribution in [0.3, 0.4) is 0 Å². The number of carbonyl (C=O) groups is 1. The first-order valence-corrected chi connectivity index (χ1v) is 10.8. The van der Waals surface area contributed by atoms with Crippen LogP contribution in [0.4, 0.5) is 26.3 Å². The summed E-state index contributed by atoms with van der Waals surface area (Å²) in [5, 5.41) is 2.73. The lowest BCUT2D eigenvalue weighted by Gasteiger charge is -2.12. The maximum Gasteiger partial charge on any atom is 0.387 e. The second kappa shape index (κ2) is 12.0. The zero-order valence-corrected chi connectivity index (χ0v) is 20.0. The molecule has 2 aromatic carbocycles. The number of halogens is 7. The first-order valence-electron chi connectivity index (χ1n) is 10.4. The van der Waals surface area contributed by atoms with Gasteiger partial charge in [0.05, 0.1) is 25.8 Å². The molecule has 1 heterocycles. The summed E-state index contributed by atoms with van der Waals surface area (Å²) in [5.41, 5.74) is -0.953. The van der Waals surface area contributed by atoms with Gasteiger partial charge in [0.15, 0.2) is 17.3 Å². The standard InChI is InChI=1S/C24H19ClF6N2O4/c1-35-16-7-4-12(3-6-15(34)13-5-8-17(37-24(30)31)18(10-13)36-2)9-14(16)11-33-21(23(28)29)19(25)20(32-33)22(26)27/h3-10,22-24H,11H2,1-2H3/b6-3+. The lowest BCUT2D eigenvalue weighted by Crippen LogP contribution is -2.08. The number of aromatic nitrogens is 2. The minimum atomic E-state index is -3.16. The highest BCUT2D eigenvalue weighted by Crippen LogP contribution is 2.36. The Morgan fingerprint density at radius 1 is 0.973 bits per heavy atom. The molecule has 0 atom stereocenters. The number of benzene rings is 2. The predicted octanol–water partition coefficient (Wildman–Crippen LogP) is 6.97. The van der Waals surface area contributed by atoms with Crippen LogP contribution in [-0.2, 0) is 6.54 Å². The molecule has 0 spiro atoms. The first-order chi connectivity index (χ1) is 17.5. The summed E-state index contributed by atoms with van der Waals surface area (Å²) in [7, 11) is 2.56. The Kier molecular flexibility index (Phi) is 9.09. The van der Waals surface area contributed by atoms with Gasteiger partial charge in [0.2, 0.25) is 0 Å². The molecule has 0 aliphatic carbocycles. The fourth-order valence-electron chi connectivity index (χ4n) is 3.41. The Balaban J connectivity index is 1.88. The highest BCUT2D eigenvalue weighted by Gasteiger charge is 2.28. The minimum Gasteiger partial charge on any atom is -0.496 e. The summed E-state index contributed by atoms with van der Waals surface area (Å²) >= 11 is 5.71. The van der Waals surface area contributed by atoms with Crippen molar-refractivity contribution in [1.29, 1.82) is 0 Å². The molecule has 37 heavy (non-hydrogen) atoms. The fourth-order valence-corrected chi connectivity index (χ4v) is 3.71. The normalized spacial score (nSPS) is 11.7. The third-order valence-electron chi connectivity index (χ3n) is 5.09. The monoisotopic (exact) mass is 548 g/mol. The Morgan fingerprint density at radius 3 is 2.24 bits per heavy atom. The van der Waals surface area contributed by atoms with Crippen LogP contribution in [0.15, 0.2) is 42.5 Å². The Morgan fingerprint density at radius 2 is 1.65 bits per heavy atom. The molecule has 13 heteroatoms. The summed E-state index contributed by atoms with van der Waals surface area (Å²) in [4.78, 5) is 12.6. The van der Waals surface area contributed by atoms with Gasteiger partial charge in [-0.2, -0.15) is 13.9 Å². The number of hydrogen-bond acceptors (Lipinski definition) is 5. The van der Waals surface area contributed by atoms with E-state index in [1.54, 1.807) is 6.07 Å². The van der Waals surface area contributed by atoms with Gasteiger partial charge in [-0.05, 0) is 42.0 Å². The van der Waals surface area contributed by atoms with E-state index >= 15 is 0 Å². The first kappa shape index (κ1) is 27.9. The van der Waals surface area contributed by atoms with E-state index in [0.29, 0.717) is 15.8 Å². The summed E-state index contributed by atoms with van der Waals surface area (Å²) in [6, 6.07) is 8.25. The third-order valence-corrected chi connectivity index (χ3v) is 5.47. The van der Waals surface area contributed by atoms with E-state index < -0.39 is 41.7 Å². The molecule has 3 aromatic rings. The molecular formula is C24H19ClF6N2O4. The number of rotatable bonds is 11. The van der Waals surface area contributed by atoms with Crippen LogP contribution in [0.1, 0.15) is 45.7 Å². The number of hydrogen-bond donors (Lipinski definition) is 0. The molecule has 0 N–H and O–H groups in total. The number of nitrogens with zero attached hydrogens (tertiary/aromatic N) is 2. The van der Waals surface area contributed by atoms with Gasteiger partial charge in [0, 0.05) is 11.1 Å². The van der Waals surface area contributed by atoms with Crippen LogP contribution < -0.4 is 14.2 Å². The number of alkyl halides is 6. The Bertz CT molecular complexity index is 1300. The van der Waals surface area contributed by atoms with Crippen LogP contribution in [-0.4, -0.2) is 36.4 Å². The van der Waals surface area contributed by atoms with Gasteiger partial charge >= 0.3 is 6.61 Å². The molecule has 1 aromatic heterocycles. The van der Waals surface area contributed by atoms with Crippen molar-refractivity contribution in [3.05, 3.63) is 75.6 Å². The van der Waals surface area contributed by atoms with E-state index in [2.05, 4.69) is 9.84 Å². The van der Waals surface area contributed by atoms with Crippen LogP contribution in [0.25, 0.3) is 6.08 Å². The van der Waals surface area contributed by atoms with Gasteiger partial charge in [-0.3, -0.25) is 9.48 Å². The number of carbonyl (C=O) groups excluding carboxylic acids is 1. The highest BCUT2D eigenvalue weighted by molar-refractivity contribution is 6.32. The largest absolute Gasteiger partial charge is 0.496 e. The molecule has 198 valence electrons. The van der Waals surface area contributed by atoms with Gasteiger partial charge in [0.25, 0.3) is 12.9 Å². The number of ether oxygens (including phenoxy) is 3. The van der Waals surface area contributed by atoms with Gasteiger partial charge in [-0.25, -0.2) is 17.6 Å². The van der Waals surface area contributed by atoms with Crippen molar-refractivity contribution < 1.29 is 45.3 Å². The molecule has 0 radical (unpaired) electrons. The molecule has 0 aliphatic heterocycles. The molecule has 6 nitrogen and oxygen atoms in total. The Labute approximate surface area is 212 Å². The zero-order chi connectivity index (χ0) is 27.3. The van der Waals surface area contributed by atoms with E-state index in [4.69, 9.17) is 21.1 Å². The quantitative estimate of drug-likeness (QED) is 0.147. The molecule has 0 aliphatic rings. The number of allylic oxidation sites excluding steroid dienone is 1. The van der Waals surface area contributed by atoms with Crippen molar-refractivity contribution in [2.24, 2.45) is 0 Å². The van der Waals surface area contributed by atoms with E-state index in [0.717, 1.165) is 0 Å². The number of methoxy groups -OCH3 is 2. The van der Waals surface area contributed by atoms with Gasteiger partial charge in [-0.15, -0.1) is 0 Å². The molecule has 3 rings (SSSR count). The Hall–Kier alpha value is -3.67. The van der Waals surface area contributed by atoms with E-state index in [1.165, 1.54) is 56.7 Å². The van der Waals surface area contributed by atoms with E-state index in [9.17, 15) is 31.1 Å². The molecule has 0 bridgehead atoms. The minimum absolute atomic E-state index is 0.0674. The summed E-state index contributed by atoms with van der Waals surface area (Å²) < 4.78 is 93.6. The fraction of sp³-hybridized carbons (Fsp3) is 0.250. The van der Waals surface area contributed by atoms with Crippen LogP contribution >= 0.6 is 11.6 Å². The average Bonchev–Trinajstić information content (AvgIpc) is 3.18. The maximum atomic E-state index is 13.5. The van der Waals surface area contributed by atoms with Gasteiger partial charge in [-0.1, -0.05) is 23.7 Å². The van der Waals surface area contributed by atoms with Crippen molar-refractivity contribution >= 4 is 23.5 Å². The maximum absolute atomic E-state index is 13.5. The molecule has 0 saturated heterocycles. The van der Waals surface area contributed by atoms with E-state index in [-0.39, 0.29) is 29.4 Å². The van der Waals surface area contributed by atoms with Crippen LogP contribution in [0, 0.1) is 0 Å². The van der Waals surface area contributed by atoms with Crippen LogP contribution in [0.5, 0.6) is 17.2 Å². The third kappa shape index (κ3) is 6.56. The smallest absolute Gasteiger partial charge is 0.387 e. The lowest BCUT2D eigenvalue weighted by molar-refractivity contribution is -0.0512. The molecule has 0 amide bonds. The molecule has 0 fully saturated rings. The average molecular weight is 549 g/mol. The summed E-state index contributed by atoms with van der Waals surface area (Å²) in [6.07, 6.45) is -3.70. The SMILES string of the molecule is COc1ccc(/C=C/C(=O)c2ccc(OC(F)F)c(OC)c2)cc1Cn1nc(C(F)F)c(Cl)c1C(F)F. The lowest BCUT2D eigenvalue weighted by atomic mass is 10.1. The van der Waals surface area contributed by atoms with Crippen molar-refractivity contribution in [3.63, 3.8) is 0 Å². The molecule has 0 saturated carbocycles. The number of ketones is 1. The van der Waals surface area contributed by atoms with Gasteiger partial charge in [0.1, 0.15) is 17.1 Å². The topological polar surface area (TPSA) is 62.6 Å². The van der Waals surface area contributed by atoms with Crippen molar-refractivity contribution in [2.45, 2.75) is 26.0 Å². The molecular weight excluding hydrogens is 530 g/mol. The van der Waals surface area contributed by atoms with Gasteiger partial charge < -0.3 is 14.2 Å². The van der Waals surface area contributed by atoms with Crippen molar-refractivity contribution in [3.8, 4) is 17.2 Å². The van der Waals surface area contributed by atoms with Crippen molar-refractivity contribution in [2.75, 3.05) is 14.2 Å². The van der Waals surface area contributed by atoms with E-state index in [1.807, 2.05) is 0 Å². The summed E-state index contributed by atoms with van der Waals surface area (Å²) in [5.74, 6) is -0.551. The predicted molar refractivity (Wildman–Crippen MR) is 122 cm³/mol. The summed E-state index contributed by atoms with van der Waals surface area (Å²) in [6.45, 7) is -3.44.